The van der Waals surface area contributed by atoms with E-state index in [0.29, 0.717) is 0 Å². The molecule has 94 valence electrons. The molecule has 0 bridgehead atoms. The molecule has 0 N–H and O–H groups in total. The Kier molecular flexibility index (Phi) is 4.73. The van der Waals surface area contributed by atoms with Crippen molar-refractivity contribution in [3.8, 4) is 0 Å². The molecule has 2 heteroatoms. The van der Waals surface area contributed by atoms with Gasteiger partial charge in [0.2, 0.25) is 0 Å². The van der Waals surface area contributed by atoms with Gasteiger partial charge in [-0.05, 0) is 39.2 Å². The predicted molar refractivity (Wildman–Crippen MR) is 69.8 cm³/mol. The van der Waals surface area contributed by atoms with Crippen molar-refractivity contribution in [2.45, 2.75) is 46.1 Å². The van der Waals surface area contributed by atoms with E-state index in [1.54, 1.807) is 0 Å². The van der Waals surface area contributed by atoms with Crippen molar-refractivity contribution in [3.05, 3.63) is 35.9 Å². The van der Waals surface area contributed by atoms with E-state index in [-0.39, 0.29) is 11.9 Å². The molecule has 0 aliphatic rings. The highest BCUT2D eigenvalue weighted by molar-refractivity contribution is 5.73. The van der Waals surface area contributed by atoms with Crippen LogP contribution in [-0.2, 0) is 16.0 Å². The summed E-state index contributed by atoms with van der Waals surface area (Å²) in [5, 5.41) is 0. The van der Waals surface area contributed by atoms with Crippen molar-refractivity contribution < 1.29 is 9.53 Å². The summed E-state index contributed by atoms with van der Waals surface area (Å²) in [5.74, 6) is -0.138. The Balaban J connectivity index is 2.63. The van der Waals surface area contributed by atoms with E-state index in [9.17, 15) is 4.79 Å². The lowest BCUT2D eigenvalue weighted by molar-refractivity contribution is -0.160. The van der Waals surface area contributed by atoms with Gasteiger partial charge in [-0.2, -0.15) is 0 Å². The Morgan fingerprint density at radius 1 is 1.24 bits per heavy atom. The highest BCUT2D eigenvalue weighted by atomic mass is 16.6. The molecular formula is C15H22O2. The molecule has 0 aliphatic heterocycles. The van der Waals surface area contributed by atoms with Gasteiger partial charge in [0.25, 0.3) is 0 Å². The first-order valence-corrected chi connectivity index (χ1v) is 6.19. The first kappa shape index (κ1) is 13.8. The number of ether oxygens (including phenoxy) is 1. The van der Waals surface area contributed by atoms with E-state index in [2.05, 4.69) is 0 Å². The minimum Gasteiger partial charge on any atom is -0.460 e. The van der Waals surface area contributed by atoms with E-state index < -0.39 is 5.60 Å². The van der Waals surface area contributed by atoms with E-state index in [1.807, 2.05) is 58.0 Å². The lowest BCUT2D eigenvalue weighted by atomic mass is 9.97. The number of rotatable bonds is 4. The van der Waals surface area contributed by atoms with Crippen molar-refractivity contribution in [1.82, 2.24) is 0 Å². The molecule has 0 aliphatic carbocycles. The highest BCUT2D eigenvalue weighted by Gasteiger charge is 2.23. The fourth-order valence-corrected chi connectivity index (χ4v) is 1.68. The number of benzene rings is 1. The number of hydrogen-bond donors (Lipinski definition) is 0. The van der Waals surface area contributed by atoms with Gasteiger partial charge in [0.1, 0.15) is 5.60 Å². The van der Waals surface area contributed by atoms with Crippen LogP contribution in [0.3, 0.4) is 0 Å². The SMILES string of the molecule is CC[C@H](Cc1ccccc1)C(=O)OC(C)(C)C. The zero-order valence-electron chi connectivity index (χ0n) is 11.2. The van der Waals surface area contributed by atoms with Gasteiger partial charge in [0, 0.05) is 0 Å². The Morgan fingerprint density at radius 3 is 2.29 bits per heavy atom. The summed E-state index contributed by atoms with van der Waals surface area (Å²) in [6.07, 6.45) is 1.57. The van der Waals surface area contributed by atoms with Crippen LogP contribution in [0, 0.1) is 5.92 Å². The molecule has 1 atom stereocenters. The monoisotopic (exact) mass is 234 g/mol. The maximum atomic E-state index is 12.0. The van der Waals surface area contributed by atoms with Crippen LogP contribution in [0.15, 0.2) is 30.3 Å². The normalized spacial score (nSPS) is 13.2. The van der Waals surface area contributed by atoms with Crippen LogP contribution in [0.25, 0.3) is 0 Å². The average molecular weight is 234 g/mol. The first-order valence-electron chi connectivity index (χ1n) is 6.19. The molecule has 0 heterocycles. The molecule has 0 saturated carbocycles. The van der Waals surface area contributed by atoms with Crippen LogP contribution in [0.2, 0.25) is 0 Å². The van der Waals surface area contributed by atoms with Gasteiger partial charge < -0.3 is 4.74 Å². The summed E-state index contributed by atoms with van der Waals surface area (Å²) >= 11 is 0. The van der Waals surface area contributed by atoms with Crippen molar-refractivity contribution >= 4 is 5.97 Å². The zero-order chi connectivity index (χ0) is 12.9. The summed E-state index contributed by atoms with van der Waals surface area (Å²) in [5.41, 5.74) is 0.784. The number of carbonyl (C=O) groups excluding carboxylic acids is 1. The Hall–Kier alpha value is -1.31. The number of esters is 1. The standard InChI is InChI=1S/C15H22O2/c1-5-13(14(16)17-15(2,3)4)11-12-9-7-6-8-10-12/h6-10,13H,5,11H2,1-4H3/t13-/m1/s1. The van der Waals surface area contributed by atoms with Crippen molar-refractivity contribution in [3.63, 3.8) is 0 Å². The molecule has 1 aromatic carbocycles. The second-order valence-corrected chi connectivity index (χ2v) is 5.33. The quantitative estimate of drug-likeness (QED) is 0.744. The average Bonchev–Trinajstić information content (AvgIpc) is 2.24. The van der Waals surface area contributed by atoms with Crippen molar-refractivity contribution in [1.29, 1.82) is 0 Å². The Bertz CT molecular complexity index is 349. The zero-order valence-corrected chi connectivity index (χ0v) is 11.2. The molecule has 0 unspecified atom stereocenters. The molecule has 0 saturated heterocycles. The van der Waals surface area contributed by atoms with Gasteiger partial charge in [-0.3, -0.25) is 4.79 Å². The maximum absolute atomic E-state index is 12.0. The lowest BCUT2D eigenvalue weighted by Gasteiger charge is -2.23. The molecule has 1 aromatic rings. The van der Waals surface area contributed by atoms with E-state index in [0.717, 1.165) is 12.8 Å². The third kappa shape index (κ3) is 5.03. The number of hydrogen-bond acceptors (Lipinski definition) is 2. The minimum atomic E-state index is -0.402. The van der Waals surface area contributed by atoms with Gasteiger partial charge >= 0.3 is 5.97 Å². The van der Waals surface area contributed by atoms with E-state index in [4.69, 9.17) is 4.74 Å². The fourth-order valence-electron chi connectivity index (χ4n) is 1.68. The van der Waals surface area contributed by atoms with Crippen LogP contribution in [-0.4, -0.2) is 11.6 Å². The fraction of sp³-hybridized carbons (Fsp3) is 0.533. The summed E-state index contributed by atoms with van der Waals surface area (Å²) < 4.78 is 5.42. The van der Waals surface area contributed by atoms with Gasteiger partial charge in [-0.1, -0.05) is 37.3 Å². The molecule has 0 amide bonds. The highest BCUT2D eigenvalue weighted by Crippen LogP contribution is 2.17. The van der Waals surface area contributed by atoms with Crippen LogP contribution < -0.4 is 0 Å². The Morgan fingerprint density at radius 2 is 1.82 bits per heavy atom. The van der Waals surface area contributed by atoms with Crippen molar-refractivity contribution in [2.75, 3.05) is 0 Å². The largest absolute Gasteiger partial charge is 0.460 e. The van der Waals surface area contributed by atoms with Crippen molar-refractivity contribution in [2.24, 2.45) is 5.92 Å². The van der Waals surface area contributed by atoms with Gasteiger partial charge in [0.15, 0.2) is 0 Å². The van der Waals surface area contributed by atoms with E-state index >= 15 is 0 Å². The minimum absolute atomic E-state index is 0.0448. The molecule has 0 radical (unpaired) electrons. The molecule has 2 nitrogen and oxygen atoms in total. The lowest BCUT2D eigenvalue weighted by Crippen LogP contribution is -2.29. The molecule has 1 rings (SSSR count). The topological polar surface area (TPSA) is 26.3 Å². The van der Waals surface area contributed by atoms with E-state index in [1.165, 1.54) is 5.56 Å². The van der Waals surface area contributed by atoms with Crippen LogP contribution in [0.4, 0.5) is 0 Å². The predicted octanol–water partition coefficient (Wildman–Crippen LogP) is 3.60. The second-order valence-electron chi connectivity index (χ2n) is 5.33. The summed E-state index contributed by atoms with van der Waals surface area (Å²) in [6.45, 7) is 7.73. The number of carbonyl (C=O) groups is 1. The van der Waals surface area contributed by atoms with Crippen LogP contribution >= 0.6 is 0 Å². The molecule has 0 aromatic heterocycles. The molecule has 0 fully saturated rings. The maximum Gasteiger partial charge on any atom is 0.309 e. The van der Waals surface area contributed by atoms with Gasteiger partial charge in [0.05, 0.1) is 5.92 Å². The summed E-state index contributed by atoms with van der Waals surface area (Å²) in [4.78, 5) is 12.0. The molecule has 17 heavy (non-hydrogen) atoms. The molecule has 0 spiro atoms. The first-order chi connectivity index (χ1) is 7.92. The third-order valence-corrected chi connectivity index (χ3v) is 2.56. The Labute approximate surface area is 104 Å². The van der Waals surface area contributed by atoms with Gasteiger partial charge in [-0.25, -0.2) is 0 Å². The third-order valence-electron chi connectivity index (χ3n) is 2.56. The smallest absolute Gasteiger partial charge is 0.309 e. The van der Waals surface area contributed by atoms with Gasteiger partial charge in [-0.15, -0.1) is 0 Å². The molecular weight excluding hydrogens is 212 g/mol. The second kappa shape index (κ2) is 5.85. The summed E-state index contributed by atoms with van der Waals surface area (Å²) in [7, 11) is 0. The van der Waals surface area contributed by atoms with Crippen LogP contribution in [0.1, 0.15) is 39.7 Å². The van der Waals surface area contributed by atoms with Crippen LogP contribution in [0.5, 0.6) is 0 Å². The summed E-state index contributed by atoms with van der Waals surface area (Å²) in [6, 6.07) is 10.1.